The Morgan fingerprint density at radius 2 is 2.00 bits per heavy atom. The molecule has 1 aliphatic rings. The number of carboxylic acid groups (broad SMARTS) is 1. The van der Waals surface area contributed by atoms with Crippen molar-refractivity contribution in [3.05, 3.63) is 28.3 Å². The van der Waals surface area contributed by atoms with Crippen LogP contribution in [0.2, 0.25) is 5.02 Å². The van der Waals surface area contributed by atoms with Crippen molar-refractivity contribution in [3.63, 3.8) is 0 Å². The lowest BCUT2D eigenvalue weighted by Gasteiger charge is -2.33. The van der Waals surface area contributed by atoms with Crippen molar-refractivity contribution in [1.29, 1.82) is 0 Å². The van der Waals surface area contributed by atoms with Crippen LogP contribution in [0.25, 0.3) is 0 Å². The van der Waals surface area contributed by atoms with Crippen LogP contribution >= 0.6 is 23.2 Å². The Morgan fingerprint density at radius 1 is 1.35 bits per heavy atom. The summed E-state index contributed by atoms with van der Waals surface area (Å²) in [7, 11) is 1.56. The Labute approximate surface area is 128 Å². The SMILES string of the molecule is COc1cc(CC(=O)O)cc(Cl)c1C1(Cl)CCCCC1. The second-order valence-electron chi connectivity index (χ2n) is 5.25. The quantitative estimate of drug-likeness (QED) is 0.839. The summed E-state index contributed by atoms with van der Waals surface area (Å²) in [5.74, 6) is -0.306. The van der Waals surface area contributed by atoms with E-state index in [-0.39, 0.29) is 6.42 Å². The molecule has 0 saturated heterocycles. The summed E-state index contributed by atoms with van der Waals surface area (Å²) in [6, 6.07) is 3.42. The fourth-order valence-corrected chi connectivity index (χ4v) is 3.79. The third kappa shape index (κ3) is 3.21. The summed E-state index contributed by atoms with van der Waals surface area (Å²) in [6.07, 6.45) is 4.97. The standard InChI is InChI=1S/C15H18Cl2O3/c1-20-12-8-10(9-13(18)19)7-11(16)14(12)15(17)5-3-2-4-6-15/h7-8H,2-6,9H2,1H3,(H,18,19). The smallest absolute Gasteiger partial charge is 0.307 e. The van der Waals surface area contributed by atoms with Crippen molar-refractivity contribution >= 4 is 29.2 Å². The lowest BCUT2D eigenvalue weighted by molar-refractivity contribution is -0.136. The zero-order valence-corrected chi connectivity index (χ0v) is 12.9. The molecule has 1 N–H and O–H groups in total. The zero-order valence-electron chi connectivity index (χ0n) is 11.4. The first-order valence-electron chi connectivity index (χ1n) is 6.74. The van der Waals surface area contributed by atoms with Gasteiger partial charge in [0, 0.05) is 10.6 Å². The van der Waals surface area contributed by atoms with Gasteiger partial charge >= 0.3 is 5.97 Å². The molecule has 0 atom stereocenters. The van der Waals surface area contributed by atoms with Gasteiger partial charge in [0.25, 0.3) is 0 Å². The number of hydrogen-bond donors (Lipinski definition) is 1. The maximum atomic E-state index is 10.8. The number of carbonyl (C=O) groups is 1. The minimum absolute atomic E-state index is 0.0777. The van der Waals surface area contributed by atoms with Crippen molar-refractivity contribution in [3.8, 4) is 5.75 Å². The molecule has 0 bridgehead atoms. The second-order valence-corrected chi connectivity index (χ2v) is 6.38. The molecule has 3 nitrogen and oxygen atoms in total. The van der Waals surface area contributed by atoms with Crippen LogP contribution < -0.4 is 4.74 Å². The first-order chi connectivity index (χ1) is 9.46. The van der Waals surface area contributed by atoms with Crippen molar-refractivity contribution in [2.24, 2.45) is 0 Å². The molecule has 0 heterocycles. The van der Waals surface area contributed by atoms with Gasteiger partial charge in [-0.25, -0.2) is 0 Å². The number of aliphatic carboxylic acids is 1. The molecule has 1 aromatic carbocycles. The predicted octanol–water partition coefficient (Wildman–Crippen LogP) is 4.37. The largest absolute Gasteiger partial charge is 0.496 e. The monoisotopic (exact) mass is 316 g/mol. The molecule has 110 valence electrons. The Hall–Kier alpha value is -0.930. The Morgan fingerprint density at radius 3 is 2.55 bits per heavy atom. The van der Waals surface area contributed by atoms with Crippen LogP contribution in [-0.2, 0) is 16.1 Å². The molecule has 2 rings (SSSR count). The highest BCUT2D eigenvalue weighted by atomic mass is 35.5. The molecule has 20 heavy (non-hydrogen) atoms. The van der Waals surface area contributed by atoms with Gasteiger partial charge in [0.15, 0.2) is 0 Å². The van der Waals surface area contributed by atoms with E-state index in [1.165, 1.54) is 6.42 Å². The van der Waals surface area contributed by atoms with E-state index in [9.17, 15) is 4.79 Å². The van der Waals surface area contributed by atoms with Gasteiger partial charge in [0.2, 0.25) is 0 Å². The Balaban J connectivity index is 2.44. The summed E-state index contributed by atoms with van der Waals surface area (Å²) in [5.41, 5.74) is 1.43. The van der Waals surface area contributed by atoms with Gasteiger partial charge < -0.3 is 9.84 Å². The third-order valence-corrected chi connectivity index (χ3v) is 4.65. The molecule has 5 heteroatoms. The van der Waals surface area contributed by atoms with E-state index in [1.807, 2.05) is 0 Å². The average Bonchev–Trinajstić information content (AvgIpc) is 2.37. The highest BCUT2D eigenvalue weighted by molar-refractivity contribution is 6.34. The van der Waals surface area contributed by atoms with Gasteiger partial charge in [-0.05, 0) is 30.5 Å². The van der Waals surface area contributed by atoms with E-state index in [2.05, 4.69) is 0 Å². The Bertz CT molecular complexity index is 508. The number of alkyl halides is 1. The van der Waals surface area contributed by atoms with Crippen LogP contribution in [0.3, 0.4) is 0 Å². The first kappa shape index (κ1) is 15.5. The minimum atomic E-state index is -0.894. The molecule has 0 aromatic heterocycles. The van der Waals surface area contributed by atoms with Gasteiger partial charge in [0.05, 0.1) is 18.4 Å². The fraction of sp³-hybridized carbons (Fsp3) is 0.533. The average molecular weight is 317 g/mol. The highest BCUT2D eigenvalue weighted by Crippen LogP contribution is 2.49. The van der Waals surface area contributed by atoms with Crippen molar-refractivity contribution in [2.75, 3.05) is 7.11 Å². The van der Waals surface area contributed by atoms with E-state index >= 15 is 0 Å². The maximum absolute atomic E-state index is 10.8. The molecule has 0 amide bonds. The van der Waals surface area contributed by atoms with Gasteiger partial charge in [-0.15, -0.1) is 11.6 Å². The summed E-state index contributed by atoms with van der Waals surface area (Å²) in [4.78, 5) is 10.3. The normalized spacial score (nSPS) is 17.8. The van der Waals surface area contributed by atoms with Crippen LogP contribution in [0, 0.1) is 0 Å². The summed E-state index contributed by atoms with van der Waals surface area (Å²) >= 11 is 13.1. The van der Waals surface area contributed by atoms with Crippen LogP contribution in [-0.4, -0.2) is 18.2 Å². The van der Waals surface area contributed by atoms with Crippen LogP contribution in [0.15, 0.2) is 12.1 Å². The van der Waals surface area contributed by atoms with E-state index in [0.29, 0.717) is 16.3 Å². The lowest BCUT2D eigenvalue weighted by Crippen LogP contribution is -2.23. The third-order valence-electron chi connectivity index (χ3n) is 3.78. The van der Waals surface area contributed by atoms with Crippen LogP contribution in [0.1, 0.15) is 43.2 Å². The second kappa shape index (κ2) is 6.23. The molecule has 1 aliphatic carbocycles. The molecule has 0 radical (unpaired) electrons. The molecule has 1 saturated carbocycles. The first-order valence-corrected chi connectivity index (χ1v) is 7.49. The zero-order chi connectivity index (χ0) is 14.8. The minimum Gasteiger partial charge on any atom is -0.496 e. The fourth-order valence-electron chi connectivity index (χ4n) is 2.87. The maximum Gasteiger partial charge on any atom is 0.307 e. The predicted molar refractivity (Wildman–Crippen MR) is 80.0 cm³/mol. The molecular weight excluding hydrogens is 299 g/mol. The van der Waals surface area contributed by atoms with E-state index < -0.39 is 10.8 Å². The molecule has 0 spiro atoms. The van der Waals surface area contributed by atoms with E-state index in [4.69, 9.17) is 33.0 Å². The number of hydrogen-bond acceptors (Lipinski definition) is 2. The summed E-state index contributed by atoms with van der Waals surface area (Å²) in [5, 5.41) is 9.38. The van der Waals surface area contributed by atoms with Gasteiger partial charge in [0.1, 0.15) is 5.75 Å². The van der Waals surface area contributed by atoms with E-state index in [1.54, 1.807) is 19.2 Å². The summed E-state index contributed by atoms with van der Waals surface area (Å²) < 4.78 is 5.41. The number of ether oxygens (including phenoxy) is 1. The number of rotatable bonds is 4. The van der Waals surface area contributed by atoms with Crippen LogP contribution in [0.4, 0.5) is 0 Å². The number of benzene rings is 1. The van der Waals surface area contributed by atoms with Gasteiger partial charge in [-0.3, -0.25) is 4.79 Å². The van der Waals surface area contributed by atoms with Gasteiger partial charge in [-0.2, -0.15) is 0 Å². The summed E-state index contributed by atoms with van der Waals surface area (Å²) in [6.45, 7) is 0. The molecule has 1 aromatic rings. The van der Waals surface area contributed by atoms with E-state index in [0.717, 1.165) is 31.2 Å². The van der Waals surface area contributed by atoms with Crippen molar-refractivity contribution < 1.29 is 14.6 Å². The van der Waals surface area contributed by atoms with Crippen LogP contribution in [0.5, 0.6) is 5.75 Å². The highest BCUT2D eigenvalue weighted by Gasteiger charge is 2.36. The molecule has 0 aliphatic heterocycles. The number of carboxylic acids is 1. The van der Waals surface area contributed by atoms with Gasteiger partial charge in [-0.1, -0.05) is 30.9 Å². The molecular formula is C15H18Cl2O3. The van der Waals surface area contributed by atoms with Crippen molar-refractivity contribution in [2.45, 2.75) is 43.4 Å². The molecule has 0 unspecified atom stereocenters. The lowest BCUT2D eigenvalue weighted by atomic mass is 9.82. The number of halogens is 2. The Kier molecular flexibility index (Phi) is 4.82. The number of methoxy groups -OCH3 is 1. The topological polar surface area (TPSA) is 46.5 Å². The van der Waals surface area contributed by atoms with Crippen molar-refractivity contribution in [1.82, 2.24) is 0 Å². The molecule has 1 fully saturated rings.